The van der Waals surface area contributed by atoms with E-state index in [0.29, 0.717) is 0 Å². The van der Waals surface area contributed by atoms with E-state index in [1.165, 1.54) is 54.1 Å². The molecule has 4 heteroatoms. The first-order valence-corrected chi connectivity index (χ1v) is 23.0. The molecule has 0 aromatic heterocycles. The van der Waals surface area contributed by atoms with Gasteiger partial charge in [0, 0.05) is 39.3 Å². The van der Waals surface area contributed by atoms with Gasteiger partial charge in [0.25, 0.3) is 0 Å². The first-order valence-electron chi connectivity index (χ1n) is 20.3. The Labute approximate surface area is 348 Å². The van der Waals surface area contributed by atoms with Crippen LogP contribution in [0.4, 0.5) is 0 Å². The van der Waals surface area contributed by atoms with Crippen LogP contribution >= 0.6 is 15.8 Å². The van der Waals surface area contributed by atoms with Crippen LogP contribution in [0.1, 0.15) is 22.3 Å². The van der Waals surface area contributed by atoms with Gasteiger partial charge in [-0.05, 0) is 69.9 Å². The summed E-state index contributed by atoms with van der Waals surface area (Å²) in [5.41, 5.74) is 5.47. The molecular formula is C54H50N2P2. The molecule has 8 rings (SSSR count). The maximum absolute atomic E-state index is 2.67. The number of nitrogens with zero attached hydrogens (tertiary/aromatic N) is 2. The van der Waals surface area contributed by atoms with E-state index in [-0.39, 0.29) is 0 Å². The lowest BCUT2D eigenvalue weighted by atomic mass is 10.1. The smallest absolute Gasteiger partial charge is 0.0244 e. The second-order valence-electron chi connectivity index (χ2n) is 14.7. The van der Waals surface area contributed by atoms with Crippen LogP contribution in [-0.4, -0.2) is 22.9 Å². The Hall–Kier alpha value is -5.46. The van der Waals surface area contributed by atoms with Crippen molar-refractivity contribution in [2.45, 2.75) is 26.2 Å². The van der Waals surface area contributed by atoms with Crippen LogP contribution < -0.4 is 31.8 Å². The SMILES string of the molecule is c1ccc(CN(CCN(Cc2ccccc2)Cc2ccccc2P(c2ccccc2)c2ccccc2)Cc2ccccc2P(c2ccccc2)c2ccccc2)cc1. The minimum atomic E-state index is -0.729. The third-order valence-electron chi connectivity index (χ3n) is 10.5. The molecule has 0 radical (unpaired) electrons. The van der Waals surface area contributed by atoms with Crippen LogP contribution in [0.5, 0.6) is 0 Å². The Morgan fingerprint density at radius 3 is 0.828 bits per heavy atom. The Morgan fingerprint density at radius 2 is 0.517 bits per heavy atom. The molecule has 286 valence electrons. The summed E-state index contributed by atoms with van der Waals surface area (Å²) in [5.74, 6) is 0. The molecule has 0 aliphatic rings. The highest BCUT2D eigenvalue weighted by molar-refractivity contribution is 7.80. The van der Waals surface area contributed by atoms with E-state index in [2.05, 4.69) is 240 Å². The Kier molecular flexibility index (Phi) is 13.8. The molecule has 0 saturated heterocycles. The van der Waals surface area contributed by atoms with Crippen LogP contribution in [0, 0.1) is 0 Å². The maximum atomic E-state index is 2.67. The van der Waals surface area contributed by atoms with E-state index >= 15 is 0 Å². The lowest BCUT2D eigenvalue weighted by Crippen LogP contribution is -2.36. The molecule has 0 spiro atoms. The van der Waals surface area contributed by atoms with Crippen LogP contribution in [0.15, 0.2) is 231 Å². The number of rotatable bonds is 17. The van der Waals surface area contributed by atoms with E-state index in [4.69, 9.17) is 0 Å². The minimum absolute atomic E-state index is 0.729. The number of hydrogen-bond donors (Lipinski definition) is 0. The van der Waals surface area contributed by atoms with Crippen molar-refractivity contribution in [2.24, 2.45) is 0 Å². The van der Waals surface area contributed by atoms with Crippen molar-refractivity contribution < 1.29 is 0 Å². The van der Waals surface area contributed by atoms with Crippen LogP contribution in [-0.2, 0) is 26.2 Å². The normalized spacial score (nSPS) is 11.4. The van der Waals surface area contributed by atoms with E-state index in [0.717, 1.165) is 39.3 Å². The van der Waals surface area contributed by atoms with Crippen molar-refractivity contribution in [3.8, 4) is 0 Å². The van der Waals surface area contributed by atoms with Crippen molar-refractivity contribution in [1.82, 2.24) is 9.80 Å². The summed E-state index contributed by atoms with van der Waals surface area (Å²) in [5, 5.41) is 8.37. The zero-order valence-electron chi connectivity index (χ0n) is 33.0. The largest absolute Gasteiger partial charge is 0.294 e. The molecule has 0 bridgehead atoms. The van der Waals surface area contributed by atoms with Crippen LogP contribution in [0.2, 0.25) is 0 Å². The molecule has 0 heterocycles. The first-order chi connectivity index (χ1) is 28.8. The average molecular weight is 789 g/mol. The average Bonchev–Trinajstić information content (AvgIpc) is 3.29. The van der Waals surface area contributed by atoms with Gasteiger partial charge in [0.2, 0.25) is 0 Å². The lowest BCUT2D eigenvalue weighted by molar-refractivity contribution is 0.183. The molecular weight excluding hydrogens is 739 g/mol. The number of hydrogen-bond acceptors (Lipinski definition) is 2. The highest BCUT2D eigenvalue weighted by Gasteiger charge is 2.23. The summed E-state index contributed by atoms with van der Waals surface area (Å²) in [4.78, 5) is 5.34. The Bertz CT molecular complexity index is 2160. The summed E-state index contributed by atoms with van der Waals surface area (Å²) >= 11 is 0. The van der Waals surface area contributed by atoms with Gasteiger partial charge < -0.3 is 0 Å². The van der Waals surface area contributed by atoms with Crippen LogP contribution in [0.3, 0.4) is 0 Å². The molecule has 0 aliphatic carbocycles. The van der Waals surface area contributed by atoms with Crippen molar-refractivity contribution in [2.75, 3.05) is 13.1 Å². The Morgan fingerprint density at radius 1 is 0.259 bits per heavy atom. The summed E-state index contributed by atoms with van der Waals surface area (Å²) < 4.78 is 0. The highest BCUT2D eigenvalue weighted by Crippen LogP contribution is 2.36. The molecule has 8 aromatic carbocycles. The third kappa shape index (κ3) is 10.3. The topological polar surface area (TPSA) is 6.48 Å². The molecule has 2 nitrogen and oxygen atoms in total. The van der Waals surface area contributed by atoms with Gasteiger partial charge in [-0.1, -0.05) is 231 Å². The van der Waals surface area contributed by atoms with Gasteiger partial charge >= 0.3 is 0 Å². The molecule has 0 unspecified atom stereocenters. The van der Waals surface area contributed by atoms with Gasteiger partial charge in [-0.2, -0.15) is 0 Å². The van der Waals surface area contributed by atoms with Gasteiger partial charge in [0.15, 0.2) is 0 Å². The molecule has 0 saturated carbocycles. The van der Waals surface area contributed by atoms with Crippen LogP contribution in [0.25, 0.3) is 0 Å². The van der Waals surface area contributed by atoms with E-state index in [1.807, 2.05) is 0 Å². The molecule has 8 aromatic rings. The molecule has 0 aliphatic heterocycles. The second kappa shape index (κ2) is 20.3. The quantitative estimate of drug-likeness (QED) is 0.0849. The summed E-state index contributed by atoms with van der Waals surface area (Å²) in [6, 6.07) is 84.7. The van der Waals surface area contributed by atoms with Gasteiger partial charge in [0.05, 0.1) is 0 Å². The molecule has 0 N–H and O–H groups in total. The maximum Gasteiger partial charge on any atom is 0.0244 e. The zero-order chi connectivity index (χ0) is 39.2. The van der Waals surface area contributed by atoms with Gasteiger partial charge in [0.1, 0.15) is 0 Å². The molecule has 0 atom stereocenters. The fourth-order valence-electron chi connectivity index (χ4n) is 7.76. The van der Waals surface area contributed by atoms with Crippen molar-refractivity contribution >= 4 is 47.7 Å². The minimum Gasteiger partial charge on any atom is -0.294 e. The highest BCUT2D eigenvalue weighted by atomic mass is 31.1. The van der Waals surface area contributed by atoms with Gasteiger partial charge in [-0.25, -0.2) is 0 Å². The number of benzene rings is 8. The van der Waals surface area contributed by atoms with E-state index in [1.54, 1.807) is 0 Å². The zero-order valence-corrected chi connectivity index (χ0v) is 34.8. The molecule has 0 amide bonds. The lowest BCUT2D eigenvalue weighted by Gasteiger charge is -2.31. The van der Waals surface area contributed by atoms with Gasteiger partial charge in [-0.15, -0.1) is 0 Å². The predicted molar refractivity (Wildman–Crippen MR) is 251 cm³/mol. The first kappa shape index (κ1) is 39.4. The standard InChI is InChI=1S/C54H50N2P2/c1-7-23-45(24-8-1)41-55(43-47-27-19-21-37-53(47)57(49-29-11-3-12-30-49)50-31-13-4-14-32-50)39-40-56(42-46-25-9-2-10-26-46)44-48-28-20-22-38-54(48)58(51-33-15-5-16-34-51)52-35-17-6-18-36-52/h1-38H,39-44H2. The van der Waals surface area contributed by atoms with E-state index < -0.39 is 15.8 Å². The fourth-order valence-corrected chi connectivity index (χ4v) is 12.7. The van der Waals surface area contributed by atoms with E-state index in [9.17, 15) is 0 Å². The van der Waals surface area contributed by atoms with Crippen molar-refractivity contribution in [3.05, 3.63) is 253 Å². The van der Waals surface area contributed by atoms with Gasteiger partial charge in [-0.3, -0.25) is 9.80 Å². The summed E-state index contributed by atoms with van der Waals surface area (Å²) in [6.45, 7) is 5.36. The van der Waals surface area contributed by atoms with Crippen molar-refractivity contribution in [1.29, 1.82) is 0 Å². The fraction of sp³-hybridized carbons (Fsp3) is 0.111. The molecule has 0 fully saturated rings. The predicted octanol–water partition coefficient (Wildman–Crippen LogP) is 9.91. The summed E-state index contributed by atoms with van der Waals surface area (Å²) in [7, 11) is -1.46. The summed E-state index contributed by atoms with van der Waals surface area (Å²) in [6.07, 6.45) is 0. The van der Waals surface area contributed by atoms with Crippen molar-refractivity contribution in [3.63, 3.8) is 0 Å². The molecule has 58 heavy (non-hydrogen) atoms. The second-order valence-corrected chi connectivity index (χ2v) is 19.0. The Balaban J connectivity index is 1.12. The monoisotopic (exact) mass is 788 g/mol. The third-order valence-corrected chi connectivity index (χ3v) is 15.6.